The largest absolute Gasteiger partial charge is 1.00 e. The number of hydrogen-bond acceptors (Lipinski definition) is 1. The van der Waals surface area contributed by atoms with Crippen molar-refractivity contribution < 1.29 is 54.8 Å². The standard InChI is InChI=1S/2C8H17.CN.Cu.2Li/c2*1-3-5-7-8-6-4-2;1-2;;;/h2*1,3-8H2,2H3;;;;/q3*-1;3*+1. The van der Waals surface area contributed by atoms with Crippen molar-refractivity contribution >= 4 is 0 Å². The first-order chi connectivity index (χ1) is 8.83. The maximum Gasteiger partial charge on any atom is 1.00 e. The van der Waals surface area contributed by atoms with E-state index in [0.717, 1.165) is 12.8 Å². The fraction of sp³-hybridized carbons (Fsp3) is 0.824. The summed E-state index contributed by atoms with van der Waals surface area (Å²) in [6, 6.07) is 0. The van der Waals surface area contributed by atoms with Crippen molar-refractivity contribution in [2.45, 2.75) is 90.9 Å². The molecule has 0 rings (SSSR count). The predicted molar refractivity (Wildman–Crippen MR) is 82.4 cm³/mol. The molecular formula is C17H34CuLi2N. The van der Waals surface area contributed by atoms with Gasteiger partial charge in [-0.25, -0.2) is 0 Å². The SMILES string of the molecule is [C-]#N.[CH2-]CCCCCCC.[CH2-]CCCCCCC.[Cu+].[Li+].[Li+]. The van der Waals surface area contributed by atoms with Gasteiger partial charge in [0.1, 0.15) is 0 Å². The molecule has 0 aliphatic heterocycles. The molecule has 0 radical (unpaired) electrons. The third kappa shape index (κ3) is 62.3. The molecule has 0 spiro atoms. The van der Waals surface area contributed by atoms with Crippen molar-refractivity contribution in [2.24, 2.45) is 0 Å². The molecule has 0 fully saturated rings. The number of unbranched alkanes of at least 4 members (excludes halogenated alkanes) is 10. The third-order valence-electron chi connectivity index (χ3n) is 2.71. The monoisotopic (exact) mass is 329 g/mol. The molecule has 0 aromatic carbocycles. The van der Waals surface area contributed by atoms with Crippen LogP contribution in [0.3, 0.4) is 0 Å². The normalized spacial score (nSPS) is 7.52. The summed E-state index contributed by atoms with van der Waals surface area (Å²) < 4.78 is 0. The van der Waals surface area contributed by atoms with Crippen molar-refractivity contribution in [2.75, 3.05) is 0 Å². The van der Waals surface area contributed by atoms with Gasteiger partial charge in [-0.2, -0.15) is 12.8 Å². The smallest absolute Gasteiger partial charge is 0.512 e. The zero-order chi connectivity index (χ0) is 14.5. The number of rotatable bonds is 10. The van der Waals surface area contributed by atoms with E-state index in [1.807, 2.05) is 0 Å². The average molecular weight is 330 g/mol. The van der Waals surface area contributed by atoms with Gasteiger partial charge in [0, 0.05) is 0 Å². The summed E-state index contributed by atoms with van der Waals surface area (Å²) in [5.41, 5.74) is 0. The van der Waals surface area contributed by atoms with Gasteiger partial charge in [0.15, 0.2) is 0 Å². The molecule has 0 atom stereocenters. The second-order valence-corrected chi connectivity index (χ2v) is 4.54. The molecule has 120 valence electrons. The van der Waals surface area contributed by atoms with Crippen LogP contribution in [0, 0.1) is 25.7 Å². The molecule has 0 unspecified atom stereocenters. The van der Waals surface area contributed by atoms with E-state index in [1.54, 1.807) is 0 Å². The van der Waals surface area contributed by atoms with E-state index in [-0.39, 0.29) is 54.8 Å². The predicted octanol–water partition coefficient (Wildman–Crippen LogP) is 0.464. The van der Waals surface area contributed by atoms with E-state index < -0.39 is 0 Å². The fourth-order valence-corrected chi connectivity index (χ4v) is 1.56. The Hall–Kier alpha value is 1.20. The first-order valence-electron chi connectivity index (χ1n) is 7.64. The van der Waals surface area contributed by atoms with Gasteiger partial charge in [-0.05, 0) is 0 Å². The quantitative estimate of drug-likeness (QED) is 0.325. The molecule has 0 N–H and O–H groups in total. The van der Waals surface area contributed by atoms with E-state index in [0.29, 0.717) is 0 Å². The van der Waals surface area contributed by atoms with Crippen molar-refractivity contribution in [3.05, 3.63) is 20.4 Å². The maximum absolute atomic E-state index is 6.25. The minimum Gasteiger partial charge on any atom is -0.512 e. The van der Waals surface area contributed by atoms with Crippen LogP contribution < -0.4 is 37.7 Å². The average Bonchev–Trinajstić information content (AvgIpc) is 2.43. The second-order valence-electron chi connectivity index (χ2n) is 4.54. The molecule has 0 aromatic rings. The maximum atomic E-state index is 6.25. The Bertz CT molecular complexity index is 109. The van der Waals surface area contributed by atoms with E-state index in [9.17, 15) is 0 Å². The molecule has 4 heteroatoms. The van der Waals surface area contributed by atoms with Crippen molar-refractivity contribution in [3.63, 3.8) is 0 Å². The van der Waals surface area contributed by atoms with Gasteiger partial charge in [-0.3, -0.25) is 0 Å². The van der Waals surface area contributed by atoms with E-state index in [2.05, 4.69) is 27.7 Å². The Kier molecular flexibility index (Phi) is 89.9. The summed E-state index contributed by atoms with van der Waals surface area (Å²) in [4.78, 5) is 0. The third-order valence-corrected chi connectivity index (χ3v) is 2.71. The second kappa shape index (κ2) is 49.6. The Labute approximate surface area is 170 Å². The number of nitrogens with zero attached hydrogens (tertiary/aromatic N) is 1. The Balaban J connectivity index is -0.0000000424. The minimum absolute atomic E-state index is 0. The van der Waals surface area contributed by atoms with Crippen LogP contribution in [0.2, 0.25) is 0 Å². The molecule has 0 aliphatic rings. The Morgan fingerprint density at radius 1 is 0.619 bits per heavy atom. The molecule has 0 saturated heterocycles. The summed E-state index contributed by atoms with van der Waals surface area (Å²) in [7, 11) is 0. The van der Waals surface area contributed by atoms with Crippen molar-refractivity contribution in [3.8, 4) is 0 Å². The summed E-state index contributed by atoms with van der Waals surface area (Å²) in [6.45, 7) is 16.8. The van der Waals surface area contributed by atoms with E-state index in [1.165, 1.54) is 64.2 Å². The summed E-state index contributed by atoms with van der Waals surface area (Å²) >= 11 is 0. The topological polar surface area (TPSA) is 23.8 Å². The molecule has 0 bridgehead atoms. The molecule has 0 aromatic heterocycles. The Morgan fingerprint density at radius 2 is 0.857 bits per heavy atom. The van der Waals surface area contributed by atoms with Gasteiger partial charge in [-0.15, -0.1) is 0 Å². The zero-order valence-electron chi connectivity index (χ0n) is 15.1. The van der Waals surface area contributed by atoms with Crippen LogP contribution in [-0.4, -0.2) is 0 Å². The molecule has 0 saturated carbocycles. The zero-order valence-corrected chi connectivity index (χ0v) is 16.1. The fourth-order valence-electron chi connectivity index (χ4n) is 1.56. The molecule has 0 amide bonds. The molecule has 1 nitrogen and oxygen atoms in total. The molecule has 0 aliphatic carbocycles. The van der Waals surface area contributed by atoms with Crippen LogP contribution in [-0.2, 0) is 17.1 Å². The van der Waals surface area contributed by atoms with E-state index in [4.69, 9.17) is 11.8 Å². The van der Waals surface area contributed by atoms with Crippen LogP contribution in [0.5, 0.6) is 0 Å². The van der Waals surface area contributed by atoms with Crippen LogP contribution in [0.15, 0.2) is 0 Å². The van der Waals surface area contributed by atoms with Gasteiger partial charge in [-0.1, -0.05) is 78.1 Å². The van der Waals surface area contributed by atoms with Crippen LogP contribution in [0.1, 0.15) is 90.9 Å². The molecular weight excluding hydrogens is 296 g/mol. The number of hydrogen-bond donors (Lipinski definition) is 0. The van der Waals surface area contributed by atoms with Crippen LogP contribution in [0.25, 0.3) is 0 Å². The van der Waals surface area contributed by atoms with Crippen molar-refractivity contribution in [1.82, 2.24) is 0 Å². The van der Waals surface area contributed by atoms with Gasteiger partial charge < -0.3 is 25.7 Å². The summed E-state index contributed by atoms with van der Waals surface area (Å²) in [6.07, 6.45) is 16.0. The summed E-state index contributed by atoms with van der Waals surface area (Å²) in [5, 5.41) is 6.25. The molecule has 0 heterocycles. The van der Waals surface area contributed by atoms with Crippen LogP contribution in [0.4, 0.5) is 0 Å². The van der Waals surface area contributed by atoms with Gasteiger partial charge in [0.2, 0.25) is 0 Å². The van der Waals surface area contributed by atoms with Crippen molar-refractivity contribution in [1.29, 1.82) is 5.26 Å². The first kappa shape index (κ1) is 38.0. The first-order valence-corrected chi connectivity index (χ1v) is 7.64. The van der Waals surface area contributed by atoms with Crippen LogP contribution >= 0.6 is 0 Å². The minimum atomic E-state index is 0. The van der Waals surface area contributed by atoms with Gasteiger partial charge >= 0.3 is 54.8 Å². The van der Waals surface area contributed by atoms with Gasteiger partial charge in [0.05, 0.1) is 0 Å². The summed E-state index contributed by atoms with van der Waals surface area (Å²) in [5.74, 6) is 0. The van der Waals surface area contributed by atoms with Gasteiger partial charge in [0.25, 0.3) is 0 Å². The molecule has 21 heavy (non-hydrogen) atoms. The Morgan fingerprint density at radius 3 is 1.05 bits per heavy atom. The van der Waals surface area contributed by atoms with E-state index >= 15 is 0 Å².